The molecule has 266 valence electrons. The number of hydrogen-bond donors (Lipinski definition) is 0. The van der Waals surface area contributed by atoms with Crippen LogP contribution in [-0.2, 0) is 0 Å². The average Bonchev–Trinajstić information content (AvgIpc) is 3.96. The summed E-state index contributed by atoms with van der Waals surface area (Å²) in [6.45, 7) is 0. The quantitative estimate of drug-likeness (QED) is 0.176. The first kappa shape index (κ1) is 31.5. The first-order valence-corrected chi connectivity index (χ1v) is 19.0. The first-order chi connectivity index (χ1) is 28.2. The van der Waals surface area contributed by atoms with Crippen LogP contribution in [0.1, 0.15) is 0 Å². The van der Waals surface area contributed by atoms with Gasteiger partial charge in [-0.05, 0) is 53.1 Å². The van der Waals surface area contributed by atoms with Crippen molar-refractivity contribution in [2.45, 2.75) is 0 Å². The third kappa shape index (κ3) is 4.94. The Labute approximate surface area is 325 Å². The van der Waals surface area contributed by atoms with Crippen LogP contribution in [-0.4, -0.2) is 19.5 Å². The van der Waals surface area contributed by atoms with Gasteiger partial charge in [0.2, 0.25) is 5.95 Å². The van der Waals surface area contributed by atoms with E-state index in [0.29, 0.717) is 17.6 Å². The number of rotatable bonds is 5. The van der Waals surface area contributed by atoms with E-state index in [1.807, 2.05) is 54.6 Å². The molecule has 0 aliphatic heterocycles. The molecular formula is C51H30N4O2. The van der Waals surface area contributed by atoms with E-state index >= 15 is 0 Å². The number of aromatic nitrogens is 4. The van der Waals surface area contributed by atoms with Crippen LogP contribution in [0.5, 0.6) is 0 Å². The third-order valence-corrected chi connectivity index (χ3v) is 11.1. The van der Waals surface area contributed by atoms with E-state index in [2.05, 4.69) is 132 Å². The highest BCUT2D eigenvalue weighted by Crippen LogP contribution is 2.41. The van der Waals surface area contributed by atoms with Crippen molar-refractivity contribution in [3.05, 3.63) is 182 Å². The smallest absolute Gasteiger partial charge is 0.238 e. The third-order valence-electron chi connectivity index (χ3n) is 11.1. The Morgan fingerprint density at radius 2 is 0.930 bits per heavy atom. The summed E-state index contributed by atoms with van der Waals surface area (Å²) in [5.41, 5.74) is 11.6. The van der Waals surface area contributed by atoms with Gasteiger partial charge in [0.25, 0.3) is 0 Å². The monoisotopic (exact) mass is 730 g/mol. The molecule has 0 spiro atoms. The van der Waals surface area contributed by atoms with E-state index in [9.17, 15) is 0 Å². The zero-order chi connectivity index (χ0) is 37.5. The Balaban J connectivity index is 0.965. The summed E-state index contributed by atoms with van der Waals surface area (Å²) in [5, 5.41) is 6.67. The van der Waals surface area contributed by atoms with E-state index < -0.39 is 0 Å². The molecule has 0 aliphatic carbocycles. The van der Waals surface area contributed by atoms with Gasteiger partial charge in [-0.3, -0.25) is 4.57 Å². The lowest BCUT2D eigenvalue weighted by Crippen LogP contribution is -2.06. The Morgan fingerprint density at radius 1 is 0.351 bits per heavy atom. The molecule has 6 nitrogen and oxygen atoms in total. The predicted molar refractivity (Wildman–Crippen MR) is 230 cm³/mol. The minimum absolute atomic E-state index is 0.575. The molecule has 0 unspecified atom stereocenters. The first-order valence-electron chi connectivity index (χ1n) is 19.0. The molecule has 0 N–H and O–H groups in total. The maximum absolute atomic E-state index is 6.55. The van der Waals surface area contributed by atoms with Gasteiger partial charge in [-0.25, -0.2) is 4.98 Å². The van der Waals surface area contributed by atoms with Crippen LogP contribution < -0.4 is 0 Å². The zero-order valence-electron chi connectivity index (χ0n) is 30.4. The largest absolute Gasteiger partial charge is 0.456 e. The number of furan rings is 2. The van der Waals surface area contributed by atoms with Crippen LogP contribution in [0, 0.1) is 0 Å². The van der Waals surface area contributed by atoms with Gasteiger partial charge in [0.05, 0.1) is 11.0 Å². The van der Waals surface area contributed by atoms with Gasteiger partial charge in [-0.2, -0.15) is 9.97 Å². The van der Waals surface area contributed by atoms with Crippen molar-refractivity contribution in [2.75, 3.05) is 0 Å². The summed E-state index contributed by atoms with van der Waals surface area (Å²) in [6.07, 6.45) is 0. The minimum Gasteiger partial charge on any atom is -0.456 e. The lowest BCUT2D eigenvalue weighted by Gasteiger charge is -2.11. The van der Waals surface area contributed by atoms with Gasteiger partial charge in [0.15, 0.2) is 11.6 Å². The topological polar surface area (TPSA) is 69.9 Å². The van der Waals surface area contributed by atoms with Crippen LogP contribution in [0.3, 0.4) is 0 Å². The summed E-state index contributed by atoms with van der Waals surface area (Å²) < 4.78 is 15.1. The Bertz CT molecular complexity index is 3470. The highest BCUT2D eigenvalue weighted by Gasteiger charge is 2.19. The molecule has 6 heteroatoms. The van der Waals surface area contributed by atoms with Crippen molar-refractivity contribution in [1.82, 2.24) is 19.5 Å². The Hall–Kier alpha value is -7.83. The molecule has 4 heterocycles. The number of para-hydroxylation sites is 4. The number of benzene rings is 8. The SMILES string of the molecule is c1ccc(-c2nc(-c3ccc(-c4cccc5oc6cc(-c7cccc8c7oc7ccccc78)ccc6c45)cc3)nc(-n3c4ccccc4c4ccccc43)n2)cc1. The lowest BCUT2D eigenvalue weighted by atomic mass is 9.97. The van der Waals surface area contributed by atoms with Gasteiger partial charge in [-0.15, -0.1) is 0 Å². The van der Waals surface area contributed by atoms with Gasteiger partial charge in [0, 0.05) is 49.0 Å². The van der Waals surface area contributed by atoms with Gasteiger partial charge < -0.3 is 8.83 Å². The minimum atomic E-state index is 0.575. The average molecular weight is 731 g/mol. The molecule has 12 rings (SSSR count). The van der Waals surface area contributed by atoms with Crippen LogP contribution in [0.25, 0.3) is 117 Å². The van der Waals surface area contributed by atoms with Gasteiger partial charge in [0.1, 0.15) is 22.3 Å². The summed E-state index contributed by atoms with van der Waals surface area (Å²) in [6, 6.07) is 62.6. The van der Waals surface area contributed by atoms with E-state index in [-0.39, 0.29) is 0 Å². The molecule has 0 fully saturated rings. The summed E-state index contributed by atoms with van der Waals surface area (Å²) in [5.74, 6) is 1.80. The second-order valence-corrected chi connectivity index (χ2v) is 14.4. The molecule has 0 saturated heterocycles. The van der Waals surface area contributed by atoms with Crippen LogP contribution in [0.4, 0.5) is 0 Å². The van der Waals surface area contributed by atoms with Crippen molar-refractivity contribution < 1.29 is 8.83 Å². The number of nitrogens with zero attached hydrogens (tertiary/aromatic N) is 4. The zero-order valence-corrected chi connectivity index (χ0v) is 30.4. The Morgan fingerprint density at radius 3 is 1.70 bits per heavy atom. The van der Waals surface area contributed by atoms with E-state index in [1.54, 1.807) is 0 Å². The second kappa shape index (κ2) is 12.3. The van der Waals surface area contributed by atoms with Crippen molar-refractivity contribution in [3.63, 3.8) is 0 Å². The standard InChI is InChI=1S/C51H30N4O2/c1-2-12-32(13-3-1)49-52-50(54-51(53-49)55-42-20-7-4-14-37(42)38-15-5-8-21-43(38)55)33-26-24-31(25-27-33)35-17-11-23-45-47(35)41-29-28-34(30-46(41)56-45)36-18-10-19-40-39-16-6-9-22-44(39)57-48(36)40/h1-30H. The van der Waals surface area contributed by atoms with Crippen molar-refractivity contribution in [2.24, 2.45) is 0 Å². The molecule has 0 saturated carbocycles. The molecule has 0 amide bonds. The fourth-order valence-electron chi connectivity index (χ4n) is 8.46. The predicted octanol–water partition coefficient (Wildman–Crippen LogP) is 13.4. The second-order valence-electron chi connectivity index (χ2n) is 14.4. The van der Waals surface area contributed by atoms with E-state index in [4.69, 9.17) is 23.8 Å². The van der Waals surface area contributed by atoms with Crippen molar-refractivity contribution in [3.8, 4) is 51.0 Å². The molecule has 0 atom stereocenters. The maximum Gasteiger partial charge on any atom is 0.238 e. The maximum atomic E-state index is 6.55. The van der Waals surface area contributed by atoms with Gasteiger partial charge >= 0.3 is 0 Å². The molecule has 12 aromatic rings. The molecule has 0 radical (unpaired) electrons. The molecule has 0 aliphatic rings. The van der Waals surface area contributed by atoms with Crippen LogP contribution in [0.2, 0.25) is 0 Å². The van der Waals surface area contributed by atoms with Crippen molar-refractivity contribution >= 4 is 65.7 Å². The molecular weight excluding hydrogens is 701 g/mol. The van der Waals surface area contributed by atoms with Gasteiger partial charge in [-0.1, -0.05) is 146 Å². The summed E-state index contributed by atoms with van der Waals surface area (Å²) in [7, 11) is 0. The lowest BCUT2D eigenvalue weighted by molar-refractivity contribution is 0.668. The highest BCUT2D eigenvalue weighted by atomic mass is 16.3. The van der Waals surface area contributed by atoms with Crippen LogP contribution >= 0.6 is 0 Å². The number of fused-ring (bicyclic) bond motifs is 9. The fourth-order valence-corrected chi connectivity index (χ4v) is 8.46. The molecule has 8 aromatic carbocycles. The van der Waals surface area contributed by atoms with Crippen molar-refractivity contribution in [1.29, 1.82) is 0 Å². The summed E-state index contributed by atoms with van der Waals surface area (Å²) >= 11 is 0. The molecule has 4 aromatic heterocycles. The normalized spacial score (nSPS) is 11.9. The number of hydrogen-bond acceptors (Lipinski definition) is 5. The van der Waals surface area contributed by atoms with E-state index in [1.165, 1.54) is 0 Å². The highest BCUT2D eigenvalue weighted by molar-refractivity contribution is 6.14. The van der Waals surface area contributed by atoms with E-state index in [0.717, 1.165) is 99.1 Å². The summed E-state index contributed by atoms with van der Waals surface area (Å²) in [4.78, 5) is 15.2. The molecule has 0 bridgehead atoms. The fraction of sp³-hybridized carbons (Fsp3) is 0. The Kier molecular flexibility index (Phi) is 6.83. The van der Waals surface area contributed by atoms with Crippen LogP contribution in [0.15, 0.2) is 191 Å². The molecule has 57 heavy (non-hydrogen) atoms.